The summed E-state index contributed by atoms with van der Waals surface area (Å²) in [5, 5.41) is 3.72. The first-order valence-electron chi connectivity index (χ1n) is 8.25. The molecule has 0 aromatic carbocycles. The molecule has 110 valence electrons. The predicted octanol–water partition coefficient (Wildman–Crippen LogP) is 2.88. The van der Waals surface area contributed by atoms with Gasteiger partial charge in [-0.25, -0.2) is 0 Å². The van der Waals surface area contributed by atoms with Crippen LogP contribution in [-0.4, -0.2) is 37.0 Å². The highest BCUT2D eigenvalue weighted by Crippen LogP contribution is 2.46. The van der Waals surface area contributed by atoms with Gasteiger partial charge < -0.3 is 14.8 Å². The van der Waals surface area contributed by atoms with Crippen LogP contribution in [0.5, 0.6) is 0 Å². The van der Waals surface area contributed by atoms with E-state index in [1.54, 1.807) is 0 Å². The van der Waals surface area contributed by atoms with Crippen LogP contribution in [0.1, 0.15) is 58.8 Å². The molecule has 0 amide bonds. The Kier molecular flexibility index (Phi) is 4.16. The van der Waals surface area contributed by atoms with E-state index in [2.05, 4.69) is 19.2 Å². The molecule has 0 radical (unpaired) electrons. The SMILES string of the molecule is CCNC(C1CCOC2(CCC2)C1)C1CCC(C)O1. The zero-order valence-electron chi connectivity index (χ0n) is 12.5. The van der Waals surface area contributed by atoms with E-state index in [-0.39, 0.29) is 5.60 Å². The first-order valence-corrected chi connectivity index (χ1v) is 8.25. The van der Waals surface area contributed by atoms with E-state index in [9.17, 15) is 0 Å². The Morgan fingerprint density at radius 3 is 2.68 bits per heavy atom. The van der Waals surface area contributed by atoms with Gasteiger partial charge in [0.1, 0.15) is 0 Å². The highest BCUT2D eigenvalue weighted by atomic mass is 16.5. The lowest BCUT2D eigenvalue weighted by molar-refractivity contribution is -0.152. The van der Waals surface area contributed by atoms with E-state index >= 15 is 0 Å². The zero-order chi connectivity index (χ0) is 13.3. The highest BCUT2D eigenvalue weighted by Gasteiger charge is 2.46. The Morgan fingerprint density at radius 1 is 1.26 bits per heavy atom. The predicted molar refractivity (Wildman–Crippen MR) is 76.3 cm³/mol. The molecule has 19 heavy (non-hydrogen) atoms. The fraction of sp³-hybridized carbons (Fsp3) is 1.00. The summed E-state index contributed by atoms with van der Waals surface area (Å²) in [4.78, 5) is 0. The van der Waals surface area contributed by atoms with Crippen molar-refractivity contribution in [2.45, 2.75) is 82.6 Å². The van der Waals surface area contributed by atoms with Gasteiger partial charge in [-0.3, -0.25) is 0 Å². The number of hydrogen-bond donors (Lipinski definition) is 1. The Bertz CT molecular complexity index is 303. The average molecular weight is 267 g/mol. The summed E-state index contributed by atoms with van der Waals surface area (Å²) in [6.45, 7) is 6.42. The quantitative estimate of drug-likeness (QED) is 0.849. The Labute approximate surface area is 117 Å². The van der Waals surface area contributed by atoms with Gasteiger partial charge in [0.2, 0.25) is 0 Å². The van der Waals surface area contributed by atoms with Crippen molar-refractivity contribution in [2.24, 2.45) is 5.92 Å². The fourth-order valence-corrected chi connectivity index (χ4v) is 4.23. The van der Waals surface area contributed by atoms with Crippen molar-refractivity contribution in [3.05, 3.63) is 0 Å². The third-order valence-corrected chi connectivity index (χ3v) is 5.41. The summed E-state index contributed by atoms with van der Waals surface area (Å²) >= 11 is 0. The molecule has 4 atom stereocenters. The second-order valence-corrected chi connectivity index (χ2v) is 6.78. The van der Waals surface area contributed by atoms with Crippen LogP contribution in [-0.2, 0) is 9.47 Å². The normalized spacial score (nSPS) is 39.2. The van der Waals surface area contributed by atoms with Gasteiger partial charge >= 0.3 is 0 Å². The summed E-state index contributed by atoms with van der Waals surface area (Å²) in [5.41, 5.74) is 0.251. The molecule has 2 saturated heterocycles. The third-order valence-electron chi connectivity index (χ3n) is 5.41. The first-order chi connectivity index (χ1) is 9.22. The van der Waals surface area contributed by atoms with Crippen LogP contribution in [0, 0.1) is 5.92 Å². The molecule has 0 bridgehead atoms. The average Bonchev–Trinajstić information content (AvgIpc) is 2.80. The summed E-state index contributed by atoms with van der Waals surface area (Å²) < 4.78 is 12.2. The van der Waals surface area contributed by atoms with Gasteiger partial charge in [-0.2, -0.15) is 0 Å². The van der Waals surface area contributed by atoms with Crippen molar-refractivity contribution >= 4 is 0 Å². The number of nitrogens with one attached hydrogen (secondary N) is 1. The Morgan fingerprint density at radius 2 is 2.11 bits per heavy atom. The largest absolute Gasteiger partial charge is 0.375 e. The van der Waals surface area contributed by atoms with Gasteiger partial charge in [-0.05, 0) is 64.3 Å². The number of likely N-dealkylation sites (N-methyl/N-ethyl adjacent to an activating group) is 1. The maximum Gasteiger partial charge on any atom is 0.0735 e. The first kappa shape index (κ1) is 13.8. The van der Waals surface area contributed by atoms with E-state index in [1.165, 1.54) is 44.9 Å². The van der Waals surface area contributed by atoms with E-state index in [4.69, 9.17) is 9.47 Å². The molecule has 0 aromatic heterocycles. The summed E-state index contributed by atoms with van der Waals surface area (Å²) in [6, 6.07) is 0.538. The molecule has 1 N–H and O–H groups in total. The minimum absolute atomic E-state index is 0.251. The molecule has 1 spiro atoms. The lowest BCUT2D eigenvalue weighted by atomic mass is 9.69. The van der Waals surface area contributed by atoms with Gasteiger partial charge in [0, 0.05) is 12.6 Å². The van der Waals surface area contributed by atoms with Gasteiger partial charge in [0.05, 0.1) is 17.8 Å². The van der Waals surface area contributed by atoms with Crippen LogP contribution < -0.4 is 5.32 Å². The van der Waals surface area contributed by atoms with E-state index in [1.807, 2.05) is 0 Å². The van der Waals surface area contributed by atoms with Crippen molar-refractivity contribution in [1.29, 1.82) is 0 Å². The summed E-state index contributed by atoms with van der Waals surface area (Å²) in [5.74, 6) is 0.740. The summed E-state index contributed by atoms with van der Waals surface area (Å²) in [7, 11) is 0. The molecule has 1 saturated carbocycles. The molecule has 1 aliphatic carbocycles. The topological polar surface area (TPSA) is 30.5 Å². The molecule has 0 aromatic rings. The molecule has 3 aliphatic rings. The van der Waals surface area contributed by atoms with Crippen molar-refractivity contribution in [3.8, 4) is 0 Å². The van der Waals surface area contributed by atoms with Crippen molar-refractivity contribution in [2.75, 3.05) is 13.2 Å². The van der Waals surface area contributed by atoms with Crippen molar-refractivity contribution < 1.29 is 9.47 Å². The van der Waals surface area contributed by atoms with Gasteiger partial charge in [-0.15, -0.1) is 0 Å². The second kappa shape index (κ2) is 5.71. The second-order valence-electron chi connectivity index (χ2n) is 6.78. The lowest BCUT2D eigenvalue weighted by Crippen LogP contribution is -2.53. The number of hydrogen-bond acceptors (Lipinski definition) is 3. The van der Waals surface area contributed by atoms with Gasteiger partial charge in [-0.1, -0.05) is 6.92 Å². The minimum atomic E-state index is 0.251. The monoisotopic (exact) mass is 267 g/mol. The Hall–Kier alpha value is -0.120. The standard InChI is InChI=1S/C16H29NO2/c1-3-17-15(14-6-5-12(2)19-14)13-7-10-18-16(11-13)8-4-9-16/h12-15,17H,3-11H2,1-2H3. The van der Waals surface area contributed by atoms with Gasteiger partial charge in [0.15, 0.2) is 0 Å². The molecule has 4 unspecified atom stereocenters. The van der Waals surface area contributed by atoms with Crippen LogP contribution in [0.4, 0.5) is 0 Å². The molecular formula is C16H29NO2. The third kappa shape index (κ3) is 2.84. The smallest absolute Gasteiger partial charge is 0.0735 e. The summed E-state index contributed by atoms with van der Waals surface area (Å²) in [6.07, 6.45) is 9.69. The highest BCUT2D eigenvalue weighted by molar-refractivity contribution is 4.98. The maximum atomic E-state index is 6.15. The van der Waals surface area contributed by atoms with Gasteiger partial charge in [0.25, 0.3) is 0 Å². The van der Waals surface area contributed by atoms with Crippen LogP contribution in [0.25, 0.3) is 0 Å². The minimum Gasteiger partial charge on any atom is -0.375 e. The van der Waals surface area contributed by atoms with Crippen LogP contribution >= 0.6 is 0 Å². The lowest BCUT2D eigenvalue weighted by Gasteiger charge is -2.49. The number of rotatable bonds is 4. The van der Waals surface area contributed by atoms with Crippen molar-refractivity contribution in [3.63, 3.8) is 0 Å². The zero-order valence-corrected chi connectivity index (χ0v) is 12.5. The molecular weight excluding hydrogens is 238 g/mol. The fourth-order valence-electron chi connectivity index (χ4n) is 4.23. The molecule has 3 nitrogen and oxygen atoms in total. The molecule has 2 heterocycles. The van der Waals surface area contributed by atoms with Crippen LogP contribution in [0.3, 0.4) is 0 Å². The van der Waals surface area contributed by atoms with Crippen molar-refractivity contribution in [1.82, 2.24) is 5.32 Å². The maximum absolute atomic E-state index is 6.15. The van der Waals surface area contributed by atoms with E-state index in [0.717, 1.165) is 19.1 Å². The molecule has 2 aliphatic heterocycles. The molecule has 3 heteroatoms. The van der Waals surface area contributed by atoms with E-state index < -0.39 is 0 Å². The number of ether oxygens (including phenoxy) is 2. The van der Waals surface area contributed by atoms with Crippen LogP contribution in [0.2, 0.25) is 0 Å². The Balaban J connectivity index is 1.65. The van der Waals surface area contributed by atoms with E-state index in [0.29, 0.717) is 18.2 Å². The molecule has 3 rings (SSSR count). The molecule has 3 fully saturated rings. The van der Waals surface area contributed by atoms with Crippen LogP contribution in [0.15, 0.2) is 0 Å².